The highest BCUT2D eigenvalue weighted by Crippen LogP contribution is 2.38. The number of phosphoric acid groups is 1. The molecule has 3 unspecified atom stereocenters. The molecule has 10 heteroatoms. The van der Waals surface area contributed by atoms with Gasteiger partial charge in [0.05, 0.1) is 33.8 Å². The Bertz CT molecular complexity index is 1570. The van der Waals surface area contributed by atoms with Gasteiger partial charge in [-0.1, -0.05) is 215 Å². The molecule has 0 rings (SSSR count). The van der Waals surface area contributed by atoms with E-state index in [4.69, 9.17) is 13.8 Å². The fraction of sp³-hybridized carbons (Fsp3) is 0.714. The Balaban J connectivity index is 5.40. The van der Waals surface area contributed by atoms with Gasteiger partial charge < -0.3 is 28.5 Å². The molecule has 9 nitrogen and oxygen atoms in total. The first-order valence-electron chi connectivity index (χ1n) is 29.5. The summed E-state index contributed by atoms with van der Waals surface area (Å²) >= 11 is 0. The van der Waals surface area contributed by atoms with Gasteiger partial charge in [-0.2, -0.15) is 0 Å². The molecule has 0 aliphatic rings. The second-order valence-corrected chi connectivity index (χ2v) is 22.2. The maximum Gasteiger partial charge on any atom is 0.306 e. The highest BCUT2D eigenvalue weighted by atomic mass is 31.2. The number of nitrogens with one attached hydrogen (secondary N) is 1. The lowest BCUT2D eigenvalue weighted by atomic mass is 10.1. The topological polar surface area (TPSA) is 114 Å². The Morgan fingerprint density at radius 2 is 0.849 bits per heavy atom. The average molecular weight is 1040 g/mol. The van der Waals surface area contributed by atoms with Crippen molar-refractivity contribution in [3.63, 3.8) is 0 Å². The fourth-order valence-electron chi connectivity index (χ4n) is 7.87. The Morgan fingerprint density at radius 1 is 0.479 bits per heavy atom. The first kappa shape index (κ1) is 69.9. The second kappa shape index (κ2) is 52.4. The quantitative estimate of drug-likeness (QED) is 0.0212. The number of hydrogen-bond acceptors (Lipinski definition) is 7. The summed E-state index contributed by atoms with van der Waals surface area (Å²) in [4.78, 5) is 39.9. The molecule has 0 heterocycles. The minimum absolute atomic E-state index is 0.0380. The minimum Gasteiger partial charge on any atom is -0.756 e. The Labute approximate surface area is 449 Å². The molecule has 0 saturated heterocycles. The Hall–Kier alpha value is -3.07. The zero-order chi connectivity index (χ0) is 53.6. The van der Waals surface area contributed by atoms with Crippen LogP contribution in [0.5, 0.6) is 0 Å². The lowest BCUT2D eigenvalue weighted by Gasteiger charge is -2.30. The van der Waals surface area contributed by atoms with Gasteiger partial charge in [0.1, 0.15) is 19.3 Å². The van der Waals surface area contributed by atoms with Crippen LogP contribution in [0.25, 0.3) is 0 Å². The van der Waals surface area contributed by atoms with E-state index in [1.807, 2.05) is 27.2 Å². The van der Waals surface area contributed by atoms with Crippen LogP contribution in [0, 0.1) is 0 Å². The highest BCUT2D eigenvalue weighted by molar-refractivity contribution is 7.45. The van der Waals surface area contributed by atoms with Crippen molar-refractivity contribution in [2.75, 3.05) is 40.9 Å². The van der Waals surface area contributed by atoms with Gasteiger partial charge in [-0.15, -0.1) is 0 Å². The maximum atomic E-state index is 13.5. The number of ether oxygens (including phenoxy) is 1. The van der Waals surface area contributed by atoms with Crippen molar-refractivity contribution >= 4 is 19.7 Å². The fourth-order valence-corrected chi connectivity index (χ4v) is 8.60. The van der Waals surface area contributed by atoms with Gasteiger partial charge in [-0.25, -0.2) is 0 Å². The number of unbranched alkanes of at least 4 members (excludes halogenated alkanes) is 22. The van der Waals surface area contributed by atoms with Crippen LogP contribution in [0.3, 0.4) is 0 Å². The van der Waals surface area contributed by atoms with Crippen molar-refractivity contribution in [3.8, 4) is 0 Å². The van der Waals surface area contributed by atoms with Crippen molar-refractivity contribution in [2.45, 2.75) is 251 Å². The van der Waals surface area contributed by atoms with E-state index in [0.717, 1.165) is 96.3 Å². The molecule has 0 aromatic carbocycles. The molecule has 0 radical (unpaired) electrons. The van der Waals surface area contributed by atoms with E-state index in [9.17, 15) is 19.0 Å². The molecule has 0 aliphatic carbocycles. The van der Waals surface area contributed by atoms with E-state index < -0.39 is 32.5 Å². The highest BCUT2D eigenvalue weighted by Gasteiger charge is 2.27. The van der Waals surface area contributed by atoms with Gasteiger partial charge in [-0.05, 0) is 109 Å². The summed E-state index contributed by atoms with van der Waals surface area (Å²) in [6.07, 6.45) is 69.5. The number of likely N-dealkylation sites (N-methyl/N-ethyl adjacent to an activating group) is 1. The molecule has 3 atom stereocenters. The second-order valence-electron chi connectivity index (χ2n) is 20.8. The van der Waals surface area contributed by atoms with E-state index >= 15 is 0 Å². The standard InChI is InChI=1S/C63H111N2O7P/c1-7-10-13-16-19-22-25-27-29-31-32-34-35-37-40-43-46-49-52-55-62(66)64-60(59-71-73(68,69)70-58-57-65(4,5)6)61(54-51-48-45-42-39-24-21-18-15-12-9-3)72-63(67)56-53-50-47-44-41-38-36-33-30-28-26-23-20-17-14-11-8-2/h19-20,22-23,27-30,32,34,36,38,44,47,51,54,60-61H,7-18,21,24-26,31,33,35,37,39-43,45-46,48-50,52-53,55-59H2,1-6H3,(H-,64,66,68,69)/b22-19-,23-20-,29-27-,30-28-,34-32-,38-36-,47-44-,54-51+. The van der Waals surface area contributed by atoms with Crippen molar-refractivity contribution < 1.29 is 37.3 Å². The van der Waals surface area contributed by atoms with Crippen molar-refractivity contribution in [1.82, 2.24) is 5.32 Å². The molecule has 0 saturated carbocycles. The molecular formula is C63H111N2O7P. The van der Waals surface area contributed by atoms with Gasteiger partial charge in [-0.3, -0.25) is 14.2 Å². The van der Waals surface area contributed by atoms with Crippen LogP contribution in [0.15, 0.2) is 97.2 Å². The van der Waals surface area contributed by atoms with E-state index in [2.05, 4.69) is 111 Å². The molecule has 1 N–H and O–H groups in total. The molecule has 0 bridgehead atoms. The number of amides is 1. The first-order valence-corrected chi connectivity index (χ1v) is 31.0. The van der Waals surface area contributed by atoms with Crippen LogP contribution in [-0.4, -0.2) is 69.4 Å². The zero-order valence-corrected chi connectivity index (χ0v) is 48.7. The van der Waals surface area contributed by atoms with E-state index in [1.54, 1.807) is 6.08 Å². The molecule has 73 heavy (non-hydrogen) atoms. The summed E-state index contributed by atoms with van der Waals surface area (Å²) in [5.41, 5.74) is 0. The molecule has 0 aromatic rings. The van der Waals surface area contributed by atoms with Gasteiger partial charge in [0.2, 0.25) is 5.91 Å². The number of rotatable bonds is 52. The van der Waals surface area contributed by atoms with Crippen LogP contribution in [-0.2, 0) is 27.9 Å². The van der Waals surface area contributed by atoms with Gasteiger partial charge in [0, 0.05) is 12.8 Å². The largest absolute Gasteiger partial charge is 0.756 e. The smallest absolute Gasteiger partial charge is 0.306 e. The first-order chi connectivity index (χ1) is 35.4. The molecular weight excluding hydrogens is 928 g/mol. The predicted octanol–water partition coefficient (Wildman–Crippen LogP) is 17.4. The number of phosphoric ester groups is 1. The number of carbonyl (C=O) groups excluding carboxylic acids is 2. The zero-order valence-electron chi connectivity index (χ0n) is 47.8. The summed E-state index contributed by atoms with van der Waals surface area (Å²) in [6, 6.07) is -0.922. The summed E-state index contributed by atoms with van der Waals surface area (Å²) < 4.78 is 30.2. The van der Waals surface area contributed by atoms with Gasteiger partial charge in [0.15, 0.2) is 0 Å². The van der Waals surface area contributed by atoms with Crippen LogP contribution in [0.2, 0.25) is 0 Å². The third-order valence-corrected chi connectivity index (χ3v) is 13.5. The molecule has 0 aliphatic heterocycles. The summed E-state index contributed by atoms with van der Waals surface area (Å²) in [6.45, 7) is 6.72. The normalized spacial score (nSPS) is 14.5. The SMILES string of the molecule is CCCCC/C=C\C/C=C\C/C=C\C/C=C\CCCC(=O)OC(/C=C/CCCCCCCCCCC)C(COP(=O)([O-])OCC[N+](C)(C)C)NC(=O)CCCCCCCC/C=C\C/C=C\C/C=C\CCCCC. The molecule has 0 fully saturated rings. The summed E-state index contributed by atoms with van der Waals surface area (Å²) in [5, 5.41) is 3.00. The molecule has 420 valence electrons. The number of esters is 1. The molecule has 0 spiro atoms. The Morgan fingerprint density at radius 3 is 1.30 bits per heavy atom. The average Bonchev–Trinajstić information content (AvgIpc) is 3.35. The lowest BCUT2D eigenvalue weighted by Crippen LogP contribution is -2.47. The molecule has 1 amide bonds. The number of nitrogens with zero attached hydrogens (tertiary/aromatic N) is 1. The number of allylic oxidation sites excluding steroid dienone is 15. The van der Waals surface area contributed by atoms with Gasteiger partial charge >= 0.3 is 5.97 Å². The number of hydrogen-bond donors (Lipinski definition) is 1. The number of carbonyl (C=O) groups is 2. The van der Waals surface area contributed by atoms with E-state index in [0.29, 0.717) is 23.9 Å². The summed E-state index contributed by atoms with van der Waals surface area (Å²) in [5.74, 6) is -0.627. The monoisotopic (exact) mass is 1040 g/mol. The van der Waals surface area contributed by atoms with Crippen LogP contribution < -0.4 is 10.2 Å². The maximum absolute atomic E-state index is 13.5. The lowest BCUT2D eigenvalue weighted by molar-refractivity contribution is -0.870. The van der Waals surface area contributed by atoms with Crippen molar-refractivity contribution in [2.24, 2.45) is 0 Å². The van der Waals surface area contributed by atoms with Crippen LogP contribution >= 0.6 is 7.82 Å². The van der Waals surface area contributed by atoms with Crippen LogP contribution in [0.1, 0.15) is 239 Å². The van der Waals surface area contributed by atoms with Gasteiger partial charge in [0.25, 0.3) is 7.82 Å². The van der Waals surface area contributed by atoms with Crippen molar-refractivity contribution in [3.05, 3.63) is 97.2 Å². The van der Waals surface area contributed by atoms with E-state index in [1.165, 1.54) is 96.3 Å². The van der Waals surface area contributed by atoms with Crippen molar-refractivity contribution in [1.29, 1.82) is 0 Å². The third-order valence-electron chi connectivity index (χ3n) is 12.5. The number of quaternary nitrogens is 1. The summed E-state index contributed by atoms with van der Waals surface area (Å²) in [7, 11) is 1.13. The molecule has 0 aromatic heterocycles. The van der Waals surface area contributed by atoms with E-state index in [-0.39, 0.29) is 25.4 Å². The Kier molecular flexibility index (Phi) is 50.2. The minimum atomic E-state index is -4.72. The third kappa shape index (κ3) is 53.6. The van der Waals surface area contributed by atoms with Crippen LogP contribution in [0.4, 0.5) is 0 Å². The predicted molar refractivity (Wildman–Crippen MR) is 311 cm³/mol.